The molecule has 2 heterocycles. The van der Waals surface area contributed by atoms with Gasteiger partial charge in [-0.3, -0.25) is 0 Å². The zero-order chi connectivity index (χ0) is 31.7. The van der Waals surface area contributed by atoms with Gasteiger partial charge in [-0.05, 0) is 51.6 Å². The third kappa shape index (κ3) is 5.09. The van der Waals surface area contributed by atoms with Crippen LogP contribution in [0.15, 0.2) is 114 Å². The summed E-state index contributed by atoms with van der Waals surface area (Å²) in [5.74, 6) is 0. The maximum Gasteiger partial charge on any atom is 0.216 e. The van der Waals surface area contributed by atoms with Crippen LogP contribution in [0, 0.1) is 6.92 Å². The first-order valence-corrected chi connectivity index (χ1v) is 19.5. The van der Waals surface area contributed by atoms with Crippen molar-refractivity contribution in [2.24, 2.45) is 7.05 Å². The monoisotopic (exact) mass is 604 g/mol. The molecular formula is C42H42NOSi+. The van der Waals surface area contributed by atoms with Crippen molar-refractivity contribution in [2.45, 2.75) is 52.8 Å². The van der Waals surface area contributed by atoms with Gasteiger partial charge in [-0.2, -0.15) is 0 Å². The van der Waals surface area contributed by atoms with E-state index in [2.05, 4.69) is 168 Å². The Morgan fingerprint density at radius 3 is 1.91 bits per heavy atom. The summed E-state index contributed by atoms with van der Waals surface area (Å²) in [5, 5.41) is 6.15. The average Bonchev–Trinajstić information content (AvgIpc) is 3.40. The number of aromatic nitrogens is 1. The molecule has 0 saturated carbocycles. The number of fused-ring (bicyclic) bond motifs is 5. The molecule has 2 aromatic heterocycles. The highest BCUT2D eigenvalue weighted by molar-refractivity contribution is 6.88. The van der Waals surface area contributed by atoms with Gasteiger partial charge in [-0.15, -0.1) is 0 Å². The lowest BCUT2D eigenvalue weighted by molar-refractivity contribution is -0.660. The van der Waals surface area contributed by atoms with E-state index in [1.165, 1.54) is 44.0 Å². The van der Waals surface area contributed by atoms with E-state index in [1.807, 2.05) is 0 Å². The topological polar surface area (TPSA) is 17.0 Å². The van der Waals surface area contributed by atoms with Gasteiger partial charge in [0.1, 0.15) is 18.2 Å². The summed E-state index contributed by atoms with van der Waals surface area (Å²) >= 11 is 0. The summed E-state index contributed by atoms with van der Waals surface area (Å²) in [7, 11) is 0.840. The molecule has 3 heteroatoms. The van der Waals surface area contributed by atoms with Gasteiger partial charge in [0.15, 0.2) is 6.20 Å². The Balaban J connectivity index is 1.39. The average molecular weight is 605 g/mol. The maximum atomic E-state index is 6.81. The molecule has 0 aliphatic heterocycles. The van der Waals surface area contributed by atoms with Crippen LogP contribution in [0.2, 0.25) is 19.6 Å². The maximum absolute atomic E-state index is 6.81. The minimum Gasteiger partial charge on any atom is -0.454 e. The predicted octanol–water partition coefficient (Wildman–Crippen LogP) is 10.7. The van der Waals surface area contributed by atoms with Crippen LogP contribution in [0.1, 0.15) is 31.9 Å². The van der Waals surface area contributed by atoms with Gasteiger partial charge in [0, 0.05) is 27.8 Å². The lowest BCUT2D eigenvalue weighted by atomic mass is 9.82. The Kier molecular flexibility index (Phi) is 6.87. The molecule has 7 aromatic rings. The number of pyridine rings is 1. The first-order valence-electron chi connectivity index (χ1n) is 16.0. The Labute approximate surface area is 268 Å². The number of furan rings is 1. The molecule has 5 aromatic carbocycles. The molecule has 0 radical (unpaired) electrons. The van der Waals surface area contributed by atoms with Crippen LogP contribution in [-0.2, 0) is 12.5 Å². The van der Waals surface area contributed by atoms with Crippen molar-refractivity contribution in [3.63, 3.8) is 0 Å². The Bertz CT molecular complexity index is 2220. The molecule has 0 N–H and O–H groups in total. The SMILES string of the molecule is Cc1ccc2c(oc3c4ccccc4ccc23)c1-c1cc(-c2ccc(-c3ccc([Si](C)(C)C)cc3)cc2)c(C(C)(C)C)c[n+]1C. The van der Waals surface area contributed by atoms with Gasteiger partial charge in [-0.1, -0.05) is 137 Å². The van der Waals surface area contributed by atoms with Gasteiger partial charge < -0.3 is 4.42 Å². The number of nitrogens with zero attached hydrogens (tertiary/aromatic N) is 1. The molecule has 0 atom stereocenters. The fourth-order valence-corrected chi connectivity index (χ4v) is 7.89. The summed E-state index contributed by atoms with van der Waals surface area (Å²) in [6.45, 7) is 16.3. The Hall–Kier alpha value is -4.47. The van der Waals surface area contributed by atoms with Crippen molar-refractivity contribution in [2.75, 3.05) is 0 Å². The van der Waals surface area contributed by atoms with Gasteiger partial charge in [0.2, 0.25) is 5.69 Å². The van der Waals surface area contributed by atoms with E-state index < -0.39 is 8.07 Å². The molecule has 0 unspecified atom stereocenters. The second-order valence-electron chi connectivity index (χ2n) is 14.7. The van der Waals surface area contributed by atoms with Crippen molar-refractivity contribution in [3.8, 4) is 33.5 Å². The third-order valence-electron chi connectivity index (χ3n) is 9.36. The van der Waals surface area contributed by atoms with E-state index >= 15 is 0 Å². The summed E-state index contributed by atoms with van der Waals surface area (Å²) in [4.78, 5) is 0. The molecule has 0 aliphatic carbocycles. The van der Waals surface area contributed by atoms with Gasteiger partial charge in [-0.25, -0.2) is 4.57 Å². The van der Waals surface area contributed by atoms with Gasteiger partial charge in [0.25, 0.3) is 0 Å². The minimum atomic E-state index is -1.33. The molecule has 0 amide bonds. The molecule has 0 fully saturated rings. The van der Waals surface area contributed by atoms with Crippen LogP contribution in [0.25, 0.3) is 66.2 Å². The van der Waals surface area contributed by atoms with Crippen molar-refractivity contribution >= 4 is 46.0 Å². The first kappa shape index (κ1) is 29.2. The van der Waals surface area contributed by atoms with E-state index in [9.17, 15) is 0 Å². The highest BCUT2D eigenvalue weighted by Gasteiger charge is 2.28. The van der Waals surface area contributed by atoms with Gasteiger partial charge in [0.05, 0.1) is 13.6 Å². The molecular weight excluding hydrogens is 563 g/mol. The molecule has 7 rings (SSSR count). The smallest absolute Gasteiger partial charge is 0.216 e. The van der Waals surface area contributed by atoms with Crippen LogP contribution in [-0.4, -0.2) is 8.07 Å². The summed E-state index contributed by atoms with van der Waals surface area (Å²) in [6.07, 6.45) is 2.32. The first-order chi connectivity index (χ1) is 21.4. The van der Waals surface area contributed by atoms with Crippen molar-refractivity contribution in [1.82, 2.24) is 0 Å². The normalized spacial score (nSPS) is 12.4. The highest BCUT2D eigenvalue weighted by atomic mass is 28.3. The minimum absolute atomic E-state index is 0.0314. The fraction of sp³-hybridized carbons (Fsp3) is 0.214. The number of aryl methyl sites for hydroxylation is 2. The summed E-state index contributed by atoms with van der Waals surface area (Å²) < 4.78 is 9.10. The van der Waals surface area contributed by atoms with E-state index in [-0.39, 0.29) is 5.41 Å². The lowest BCUT2D eigenvalue weighted by Gasteiger charge is -2.22. The summed E-state index contributed by atoms with van der Waals surface area (Å²) in [6, 6.07) is 38.1. The van der Waals surface area contributed by atoms with Crippen LogP contribution in [0.4, 0.5) is 0 Å². The van der Waals surface area contributed by atoms with Gasteiger partial charge >= 0.3 is 0 Å². The number of hydrogen-bond acceptors (Lipinski definition) is 1. The second kappa shape index (κ2) is 10.6. The van der Waals surface area contributed by atoms with Crippen molar-refractivity contribution < 1.29 is 8.98 Å². The molecule has 0 saturated heterocycles. The van der Waals surface area contributed by atoms with Crippen LogP contribution >= 0.6 is 0 Å². The largest absolute Gasteiger partial charge is 0.454 e. The number of rotatable bonds is 4. The van der Waals surface area contributed by atoms with Crippen molar-refractivity contribution in [3.05, 3.63) is 120 Å². The quantitative estimate of drug-likeness (QED) is 0.144. The molecule has 0 spiro atoms. The molecule has 0 bridgehead atoms. The molecule has 45 heavy (non-hydrogen) atoms. The standard InChI is InChI=1S/C42H42NOSi/c1-27-13-23-35-34-24-20-30-11-9-10-12-33(30)40(34)44-41(35)39(27)38-25-36(37(26-43(38)5)42(2,3)4)31-16-14-28(15-17-31)29-18-21-32(22-19-29)45(6,7)8/h9-26H,1-8H3/q+1. The van der Waals surface area contributed by atoms with Crippen LogP contribution < -0.4 is 9.75 Å². The number of hydrogen-bond donors (Lipinski definition) is 0. The molecule has 224 valence electrons. The second-order valence-corrected chi connectivity index (χ2v) is 19.7. The van der Waals surface area contributed by atoms with E-state index in [1.54, 1.807) is 0 Å². The Morgan fingerprint density at radius 2 is 1.24 bits per heavy atom. The number of benzene rings is 5. The van der Waals surface area contributed by atoms with Crippen LogP contribution in [0.5, 0.6) is 0 Å². The predicted molar refractivity (Wildman–Crippen MR) is 195 cm³/mol. The third-order valence-corrected chi connectivity index (χ3v) is 11.4. The molecule has 0 aliphatic rings. The fourth-order valence-electron chi connectivity index (χ4n) is 6.72. The van der Waals surface area contributed by atoms with Crippen molar-refractivity contribution in [1.29, 1.82) is 0 Å². The van der Waals surface area contributed by atoms with E-state index in [0.717, 1.165) is 38.6 Å². The van der Waals surface area contributed by atoms with E-state index in [0.29, 0.717) is 0 Å². The highest BCUT2D eigenvalue weighted by Crippen LogP contribution is 2.41. The van der Waals surface area contributed by atoms with Crippen LogP contribution in [0.3, 0.4) is 0 Å². The lowest BCUT2D eigenvalue weighted by Crippen LogP contribution is -2.37. The van der Waals surface area contributed by atoms with E-state index in [4.69, 9.17) is 4.42 Å². The summed E-state index contributed by atoms with van der Waals surface area (Å²) in [5.41, 5.74) is 11.7. The Morgan fingerprint density at radius 1 is 0.644 bits per heavy atom. The zero-order valence-corrected chi connectivity index (χ0v) is 28.7. The zero-order valence-electron chi connectivity index (χ0n) is 27.7. The molecule has 2 nitrogen and oxygen atoms in total.